The Kier molecular flexibility index (Phi) is 4.79. The minimum Gasteiger partial charge on any atom is -0.326 e. The zero-order valence-corrected chi connectivity index (χ0v) is 14.3. The van der Waals surface area contributed by atoms with Gasteiger partial charge in [-0.2, -0.15) is 5.10 Å². The molecule has 3 aromatic rings. The molecule has 1 heterocycles. The number of rotatable bonds is 4. The first-order valence-electron chi connectivity index (χ1n) is 7.91. The molecule has 2 aromatic carbocycles. The molecule has 2 N–H and O–H groups in total. The van der Waals surface area contributed by atoms with Crippen LogP contribution in [0.3, 0.4) is 0 Å². The highest BCUT2D eigenvalue weighted by molar-refractivity contribution is 6.04. The van der Waals surface area contributed by atoms with Gasteiger partial charge in [0.2, 0.25) is 5.91 Å². The maximum atomic E-state index is 13.1. The van der Waals surface area contributed by atoms with Gasteiger partial charge in [0.15, 0.2) is 5.69 Å². The molecule has 6 nitrogen and oxygen atoms in total. The molecular weight excluding hydrogens is 335 g/mol. The van der Waals surface area contributed by atoms with Gasteiger partial charge in [0.25, 0.3) is 5.91 Å². The summed E-state index contributed by atoms with van der Waals surface area (Å²) in [5.41, 5.74) is 2.81. The monoisotopic (exact) mass is 352 g/mol. The van der Waals surface area contributed by atoms with Gasteiger partial charge in [-0.05, 0) is 54.1 Å². The third-order valence-electron chi connectivity index (χ3n) is 3.69. The molecule has 26 heavy (non-hydrogen) atoms. The van der Waals surface area contributed by atoms with E-state index in [1.54, 1.807) is 54.2 Å². The summed E-state index contributed by atoms with van der Waals surface area (Å²) < 4.78 is 14.6. The van der Waals surface area contributed by atoms with Crippen molar-refractivity contribution in [1.82, 2.24) is 9.78 Å². The highest BCUT2D eigenvalue weighted by atomic mass is 19.1. The summed E-state index contributed by atoms with van der Waals surface area (Å²) in [4.78, 5) is 23.6. The largest absolute Gasteiger partial charge is 0.326 e. The summed E-state index contributed by atoms with van der Waals surface area (Å²) >= 11 is 0. The lowest BCUT2D eigenvalue weighted by molar-refractivity contribution is -0.114. The Morgan fingerprint density at radius 1 is 1.00 bits per heavy atom. The quantitative estimate of drug-likeness (QED) is 0.755. The number of anilines is 2. The molecular formula is C19H17FN4O2. The van der Waals surface area contributed by atoms with E-state index in [2.05, 4.69) is 15.7 Å². The summed E-state index contributed by atoms with van der Waals surface area (Å²) in [6.45, 7) is 1.41. The van der Waals surface area contributed by atoms with E-state index in [1.165, 1.54) is 19.1 Å². The van der Waals surface area contributed by atoms with E-state index in [0.717, 1.165) is 5.56 Å². The molecule has 3 rings (SSSR count). The number of benzene rings is 2. The van der Waals surface area contributed by atoms with Crippen molar-refractivity contribution in [2.45, 2.75) is 6.92 Å². The third-order valence-corrected chi connectivity index (χ3v) is 3.69. The van der Waals surface area contributed by atoms with Gasteiger partial charge in [-0.15, -0.1) is 0 Å². The van der Waals surface area contributed by atoms with Gasteiger partial charge >= 0.3 is 0 Å². The molecule has 0 aliphatic rings. The summed E-state index contributed by atoms with van der Waals surface area (Å²) in [6, 6.07) is 14.4. The van der Waals surface area contributed by atoms with E-state index in [9.17, 15) is 14.0 Å². The molecule has 2 amide bonds. The number of aryl methyl sites for hydroxylation is 1. The van der Waals surface area contributed by atoms with Crippen molar-refractivity contribution in [1.29, 1.82) is 0 Å². The topological polar surface area (TPSA) is 76.0 Å². The fourth-order valence-corrected chi connectivity index (χ4v) is 2.54. The van der Waals surface area contributed by atoms with Crippen molar-refractivity contribution < 1.29 is 14.0 Å². The van der Waals surface area contributed by atoms with Gasteiger partial charge in [0.1, 0.15) is 5.82 Å². The van der Waals surface area contributed by atoms with Gasteiger partial charge < -0.3 is 10.6 Å². The van der Waals surface area contributed by atoms with Crippen LogP contribution in [0.15, 0.2) is 54.6 Å². The first-order valence-corrected chi connectivity index (χ1v) is 7.91. The van der Waals surface area contributed by atoms with Crippen molar-refractivity contribution in [3.8, 4) is 11.3 Å². The third kappa shape index (κ3) is 3.94. The first-order chi connectivity index (χ1) is 12.4. The highest BCUT2D eigenvalue weighted by Crippen LogP contribution is 2.21. The van der Waals surface area contributed by atoms with Gasteiger partial charge in [0.05, 0.1) is 5.69 Å². The number of carbonyl (C=O) groups excluding carboxylic acids is 2. The molecule has 0 aliphatic carbocycles. The lowest BCUT2D eigenvalue weighted by atomic mass is 10.1. The van der Waals surface area contributed by atoms with Crippen LogP contribution in [0, 0.1) is 5.82 Å². The fraction of sp³-hybridized carbons (Fsp3) is 0.105. The average Bonchev–Trinajstić information content (AvgIpc) is 2.97. The van der Waals surface area contributed by atoms with E-state index >= 15 is 0 Å². The second kappa shape index (κ2) is 7.18. The zero-order chi connectivity index (χ0) is 18.7. The molecule has 0 bridgehead atoms. The van der Waals surface area contributed by atoms with E-state index in [0.29, 0.717) is 17.1 Å². The van der Waals surface area contributed by atoms with E-state index in [-0.39, 0.29) is 23.3 Å². The maximum absolute atomic E-state index is 13.1. The second-order valence-electron chi connectivity index (χ2n) is 5.76. The lowest BCUT2D eigenvalue weighted by Crippen LogP contribution is -2.13. The van der Waals surface area contributed by atoms with Crippen LogP contribution in [0.2, 0.25) is 0 Å². The Bertz CT molecular complexity index is 964. The Labute approximate surface area is 149 Å². The summed E-state index contributed by atoms with van der Waals surface area (Å²) in [5.74, 6) is -0.899. The predicted octanol–water partition coefficient (Wildman–Crippen LogP) is 3.44. The van der Waals surface area contributed by atoms with E-state index < -0.39 is 0 Å². The number of halogens is 1. The molecule has 0 spiro atoms. The van der Waals surface area contributed by atoms with Gasteiger partial charge in [-0.3, -0.25) is 14.3 Å². The summed E-state index contributed by atoms with van der Waals surface area (Å²) in [5, 5.41) is 9.62. The Morgan fingerprint density at radius 2 is 1.65 bits per heavy atom. The number of hydrogen-bond acceptors (Lipinski definition) is 3. The van der Waals surface area contributed by atoms with E-state index in [4.69, 9.17) is 0 Å². The number of nitrogens with one attached hydrogen (secondary N) is 2. The van der Waals surface area contributed by atoms with Crippen molar-refractivity contribution >= 4 is 23.2 Å². The normalized spacial score (nSPS) is 10.4. The van der Waals surface area contributed by atoms with Gasteiger partial charge in [-0.25, -0.2) is 4.39 Å². The van der Waals surface area contributed by atoms with Crippen LogP contribution >= 0.6 is 0 Å². The molecule has 132 valence electrons. The Balaban J connectivity index is 1.80. The molecule has 0 radical (unpaired) electrons. The van der Waals surface area contributed by atoms with Crippen LogP contribution in [0.5, 0.6) is 0 Å². The number of nitrogens with zero attached hydrogens (tertiary/aromatic N) is 2. The molecule has 1 aromatic heterocycles. The SMILES string of the molecule is CC(=O)Nc1cccc(NC(=O)c2cc(-c3ccc(F)cc3)n(C)n2)c1. The molecule has 7 heteroatoms. The minimum absolute atomic E-state index is 0.192. The molecule has 0 saturated carbocycles. The smallest absolute Gasteiger partial charge is 0.276 e. The fourth-order valence-electron chi connectivity index (χ4n) is 2.54. The predicted molar refractivity (Wildman–Crippen MR) is 97.3 cm³/mol. The van der Waals surface area contributed by atoms with Crippen LogP contribution in [-0.4, -0.2) is 21.6 Å². The van der Waals surface area contributed by atoms with Crippen LogP contribution in [0.4, 0.5) is 15.8 Å². The summed E-state index contributed by atoms with van der Waals surface area (Å²) in [7, 11) is 1.72. The van der Waals surface area contributed by atoms with Crippen LogP contribution in [0.1, 0.15) is 17.4 Å². The Morgan fingerprint density at radius 3 is 2.31 bits per heavy atom. The molecule has 0 fully saturated rings. The lowest BCUT2D eigenvalue weighted by Gasteiger charge is -2.06. The van der Waals surface area contributed by atoms with Crippen LogP contribution < -0.4 is 10.6 Å². The van der Waals surface area contributed by atoms with Crippen molar-refractivity contribution in [3.05, 3.63) is 66.1 Å². The van der Waals surface area contributed by atoms with Gasteiger partial charge in [-0.1, -0.05) is 6.07 Å². The average molecular weight is 352 g/mol. The molecule has 0 unspecified atom stereocenters. The number of aromatic nitrogens is 2. The van der Waals surface area contributed by atoms with Crippen molar-refractivity contribution in [2.24, 2.45) is 7.05 Å². The molecule has 0 saturated heterocycles. The second-order valence-corrected chi connectivity index (χ2v) is 5.76. The Hall–Kier alpha value is -3.48. The van der Waals surface area contributed by atoms with Crippen molar-refractivity contribution in [3.63, 3.8) is 0 Å². The summed E-state index contributed by atoms with van der Waals surface area (Å²) in [6.07, 6.45) is 0. The zero-order valence-electron chi connectivity index (χ0n) is 14.3. The highest BCUT2D eigenvalue weighted by Gasteiger charge is 2.14. The van der Waals surface area contributed by atoms with E-state index in [1.807, 2.05) is 0 Å². The van der Waals surface area contributed by atoms with Crippen LogP contribution in [0.25, 0.3) is 11.3 Å². The minimum atomic E-state index is -0.381. The number of carbonyl (C=O) groups is 2. The molecule has 0 atom stereocenters. The van der Waals surface area contributed by atoms with Crippen LogP contribution in [-0.2, 0) is 11.8 Å². The molecule has 0 aliphatic heterocycles. The number of amides is 2. The first kappa shape index (κ1) is 17.3. The standard InChI is InChI=1S/C19H17FN4O2/c1-12(25)21-15-4-3-5-16(10-15)22-19(26)17-11-18(24(2)23-17)13-6-8-14(20)9-7-13/h3-11H,1-2H3,(H,21,25)(H,22,26). The maximum Gasteiger partial charge on any atom is 0.276 e. The van der Waals surface area contributed by atoms with Crippen molar-refractivity contribution in [2.75, 3.05) is 10.6 Å². The van der Waals surface area contributed by atoms with Gasteiger partial charge in [0, 0.05) is 25.3 Å². The number of hydrogen-bond donors (Lipinski definition) is 2.